The van der Waals surface area contributed by atoms with Gasteiger partial charge in [-0.15, -0.1) is 6.42 Å². The van der Waals surface area contributed by atoms with E-state index in [9.17, 15) is 0 Å². The highest BCUT2D eigenvalue weighted by Crippen LogP contribution is 2.07. The third-order valence-corrected chi connectivity index (χ3v) is 2.06. The molecule has 0 saturated carbocycles. The van der Waals surface area contributed by atoms with Crippen LogP contribution in [-0.4, -0.2) is 30.1 Å². The maximum atomic E-state index is 5.88. The molecule has 0 aromatic rings. The minimum Gasteiger partial charge on any atom is -0.326 e. The number of nitrogens with zero attached hydrogens (tertiary/aromatic N) is 1. The molecule has 0 spiro atoms. The molecule has 0 unspecified atom stereocenters. The minimum absolute atomic E-state index is 0.0461. The maximum absolute atomic E-state index is 5.88. The van der Waals surface area contributed by atoms with Gasteiger partial charge in [-0.2, -0.15) is 0 Å². The summed E-state index contributed by atoms with van der Waals surface area (Å²) in [5.74, 6) is 2.66. The Morgan fingerprint density at radius 1 is 1.46 bits per heavy atom. The average Bonchev–Trinajstić information content (AvgIpc) is 2.01. The molecule has 2 nitrogen and oxygen atoms in total. The first-order valence-corrected chi connectivity index (χ1v) is 4.94. The van der Waals surface area contributed by atoms with E-state index in [4.69, 9.17) is 12.2 Å². The molecule has 0 rings (SSSR count). The molecular weight excluding hydrogens is 160 g/mol. The predicted molar refractivity (Wildman–Crippen MR) is 58.4 cm³/mol. The molecule has 0 radical (unpaired) electrons. The highest BCUT2D eigenvalue weighted by molar-refractivity contribution is 4.88. The van der Waals surface area contributed by atoms with E-state index >= 15 is 0 Å². The van der Waals surface area contributed by atoms with E-state index in [1.165, 1.54) is 0 Å². The molecule has 0 aromatic heterocycles. The zero-order valence-electron chi connectivity index (χ0n) is 9.14. The van der Waals surface area contributed by atoms with Crippen LogP contribution in [0.1, 0.15) is 33.6 Å². The van der Waals surface area contributed by atoms with Gasteiger partial charge in [0.15, 0.2) is 0 Å². The zero-order valence-corrected chi connectivity index (χ0v) is 9.14. The summed E-state index contributed by atoms with van der Waals surface area (Å²) < 4.78 is 0. The van der Waals surface area contributed by atoms with Gasteiger partial charge in [0.25, 0.3) is 0 Å². The number of nitrogens with two attached hydrogens (primary N) is 1. The van der Waals surface area contributed by atoms with Crippen molar-refractivity contribution in [3.05, 3.63) is 0 Å². The SMILES string of the molecule is C#CCN(CC)CCCC(C)(C)N. The summed E-state index contributed by atoms with van der Waals surface area (Å²) in [6, 6.07) is 0. The molecule has 0 heterocycles. The normalized spacial score (nSPS) is 11.7. The van der Waals surface area contributed by atoms with E-state index in [0.29, 0.717) is 0 Å². The topological polar surface area (TPSA) is 29.3 Å². The fourth-order valence-electron chi connectivity index (χ4n) is 1.24. The lowest BCUT2D eigenvalue weighted by molar-refractivity contribution is 0.301. The van der Waals surface area contributed by atoms with Crippen molar-refractivity contribution in [2.24, 2.45) is 5.73 Å². The number of hydrogen-bond donors (Lipinski definition) is 1. The summed E-state index contributed by atoms with van der Waals surface area (Å²) in [6.07, 6.45) is 7.42. The largest absolute Gasteiger partial charge is 0.326 e. The fourth-order valence-corrected chi connectivity index (χ4v) is 1.24. The molecule has 0 atom stereocenters. The molecule has 0 aliphatic carbocycles. The number of rotatable bonds is 6. The third kappa shape index (κ3) is 7.83. The van der Waals surface area contributed by atoms with Crippen molar-refractivity contribution < 1.29 is 0 Å². The van der Waals surface area contributed by atoms with Crippen molar-refractivity contribution >= 4 is 0 Å². The van der Waals surface area contributed by atoms with Crippen LogP contribution in [0.4, 0.5) is 0 Å². The van der Waals surface area contributed by atoms with Gasteiger partial charge in [0, 0.05) is 5.54 Å². The highest BCUT2D eigenvalue weighted by Gasteiger charge is 2.10. The van der Waals surface area contributed by atoms with E-state index in [1.807, 2.05) is 0 Å². The van der Waals surface area contributed by atoms with Gasteiger partial charge in [-0.05, 0) is 39.8 Å². The van der Waals surface area contributed by atoms with Gasteiger partial charge in [-0.3, -0.25) is 4.90 Å². The van der Waals surface area contributed by atoms with Gasteiger partial charge >= 0.3 is 0 Å². The lowest BCUT2D eigenvalue weighted by atomic mass is 10.00. The lowest BCUT2D eigenvalue weighted by Crippen LogP contribution is -2.33. The first kappa shape index (κ1) is 12.5. The van der Waals surface area contributed by atoms with Gasteiger partial charge < -0.3 is 5.73 Å². The number of terminal acetylenes is 1. The molecule has 0 aliphatic heterocycles. The Morgan fingerprint density at radius 3 is 2.46 bits per heavy atom. The molecule has 76 valence electrons. The van der Waals surface area contributed by atoms with Gasteiger partial charge in [0.1, 0.15) is 0 Å². The van der Waals surface area contributed by atoms with Crippen molar-refractivity contribution in [2.75, 3.05) is 19.6 Å². The summed E-state index contributed by atoms with van der Waals surface area (Å²) in [4.78, 5) is 2.26. The summed E-state index contributed by atoms with van der Waals surface area (Å²) >= 11 is 0. The average molecular weight is 182 g/mol. The van der Waals surface area contributed by atoms with Crippen LogP contribution in [0, 0.1) is 12.3 Å². The molecule has 0 bridgehead atoms. The monoisotopic (exact) mass is 182 g/mol. The molecule has 0 aliphatic rings. The number of hydrogen-bond acceptors (Lipinski definition) is 2. The van der Waals surface area contributed by atoms with Crippen LogP contribution in [0.3, 0.4) is 0 Å². The van der Waals surface area contributed by atoms with Gasteiger partial charge in [0.05, 0.1) is 6.54 Å². The fraction of sp³-hybridized carbons (Fsp3) is 0.818. The summed E-state index contributed by atoms with van der Waals surface area (Å²) in [5, 5.41) is 0. The van der Waals surface area contributed by atoms with E-state index in [0.717, 1.165) is 32.5 Å². The predicted octanol–water partition coefficient (Wildman–Crippen LogP) is 1.46. The lowest BCUT2D eigenvalue weighted by Gasteiger charge is -2.22. The van der Waals surface area contributed by atoms with Crippen LogP contribution < -0.4 is 5.73 Å². The third-order valence-electron chi connectivity index (χ3n) is 2.06. The summed E-state index contributed by atoms with van der Waals surface area (Å²) in [7, 11) is 0. The van der Waals surface area contributed by atoms with Crippen LogP contribution in [0.5, 0.6) is 0 Å². The Labute approximate surface area is 82.5 Å². The molecule has 0 saturated heterocycles. The summed E-state index contributed by atoms with van der Waals surface area (Å²) in [6.45, 7) is 9.08. The molecule has 0 amide bonds. The van der Waals surface area contributed by atoms with Crippen LogP contribution in [0.25, 0.3) is 0 Å². The van der Waals surface area contributed by atoms with Crippen molar-refractivity contribution in [3.63, 3.8) is 0 Å². The highest BCUT2D eigenvalue weighted by atomic mass is 15.1. The molecule has 0 aromatic carbocycles. The second-order valence-corrected chi connectivity index (χ2v) is 4.17. The minimum atomic E-state index is -0.0461. The standard InChI is InChI=1S/C11H22N2/c1-5-9-13(6-2)10-7-8-11(3,4)12/h1H,6-10,12H2,2-4H3. The van der Waals surface area contributed by atoms with Crippen molar-refractivity contribution in [2.45, 2.75) is 39.2 Å². The molecule has 2 N–H and O–H groups in total. The van der Waals surface area contributed by atoms with Crippen LogP contribution in [0.15, 0.2) is 0 Å². The maximum Gasteiger partial charge on any atom is 0.0598 e. The molecule has 0 fully saturated rings. The van der Waals surface area contributed by atoms with Crippen LogP contribution in [0.2, 0.25) is 0 Å². The smallest absolute Gasteiger partial charge is 0.0598 e. The first-order chi connectivity index (χ1) is 5.99. The van der Waals surface area contributed by atoms with E-state index < -0.39 is 0 Å². The Hall–Kier alpha value is -0.520. The zero-order chi connectivity index (χ0) is 10.3. The molecule has 2 heteroatoms. The first-order valence-electron chi connectivity index (χ1n) is 4.94. The second kappa shape index (κ2) is 6.01. The van der Waals surface area contributed by atoms with E-state index in [1.54, 1.807) is 0 Å². The molecular formula is C11H22N2. The van der Waals surface area contributed by atoms with Gasteiger partial charge in [0.2, 0.25) is 0 Å². The summed E-state index contributed by atoms with van der Waals surface area (Å²) in [5.41, 5.74) is 5.83. The van der Waals surface area contributed by atoms with E-state index in [-0.39, 0.29) is 5.54 Å². The van der Waals surface area contributed by atoms with Crippen molar-refractivity contribution in [3.8, 4) is 12.3 Å². The van der Waals surface area contributed by atoms with Crippen LogP contribution >= 0.6 is 0 Å². The van der Waals surface area contributed by atoms with Crippen LogP contribution in [-0.2, 0) is 0 Å². The quantitative estimate of drug-likeness (QED) is 0.630. The van der Waals surface area contributed by atoms with Crippen molar-refractivity contribution in [1.29, 1.82) is 0 Å². The molecule has 13 heavy (non-hydrogen) atoms. The van der Waals surface area contributed by atoms with Gasteiger partial charge in [-0.1, -0.05) is 12.8 Å². The Kier molecular flexibility index (Phi) is 5.77. The van der Waals surface area contributed by atoms with E-state index in [2.05, 4.69) is 31.6 Å². The Morgan fingerprint density at radius 2 is 2.08 bits per heavy atom. The Balaban J connectivity index is 3.56. The Bertz CT molecular complexity index is 162. The van der Waals surface area contributed by atoms with Crippen molar-refractivity contribution in [1.82, 2.24) is 4.90 Å². The second-order valence-electron chi connectivity index (χ2n) is 4.17. The van der Waals surface area contributed by atoms with Gasteiger partial charge in [-0.25, -0.2) is 0 Å².